The number of para-hydroxylation sites is 1. The number of carbonyl (C=O) groups is 2. The Bertz CT molecular complexity index is 1450. The summed E-state index contributed by atoms with van der Waals surface area (Å²) >= 11 is 0. The molecule has 1 atom stereocenters. The Morgan fingerprint density at radius 3 is 2.71 bits per heavy atom. The van der Waals surface area contributed by atoms with Crippen LogP contribution in [0.4, 0.5) is 0 Å². The molecule has 0 bridgehead atoms. The molecule has 0 amide bonds. The van der Waals surface area contributed by atoms with E-state index in [9.17, 15) is 19.5 Å². The quantitative estimate of drug-likeness (QED) is 0.259. The predicted octanol–water partition coefficient (Wildman–Crippen LogP) is 3.37. The van der Waals surface area contributed by atoms with Crippen molar-refractivity contribution in [3.8, 4) is 17.1 Å². The predicted molar refractivity (Wildman–Crippen MR) is 133 cm³/mol. The minimum atomic E-state index is -1.64. The third-order valence-corrected chi connectivity index (χ3v) is 8.23. The van der Waals surface area contributed by atoms with Crippen LogP contribution in [-0.4, -0.2) is 41.3 Å². The molecule has 2 aromatic heterocycles. The topological polar surface area (TPSA) is 108 Å². The molecule has 182 valence electrons. The molecule has 2 aliphatic heterocycles. The Kier molecular flexibility index (Phi) is 5.45. The van der Waals surface area contributed by atoms with Gasteiger partial charge in [0, 0.05) is 17.0 Å². The monoisotopic (exact) mass is 492 g/mol. The Balaban J connectivity index is 1.66. The molecule has 1 N–H and O–H groups in total. The van der Waals surface area contributed by atoms with Gasteiger partial charge in [-0.05, 0) is 30.2 Å². The highest BCUT2D eigenvalue weighted by Gasteiger charge is 2.46. The molecule has 5 rings (SSSR count). The fourth-order valence-electron chi connectivity index (χ4n) is 4.99. The van der Waals surface area contributed by atoms with Crippen LogP contribution in [0.1, 0.15) is 30.0 Å². The molecule has 8 nitrogen and oxygen atoms in total. The molecule has 2 aliphatic rings. The van der Waals surface area contributed by atoms with Gasteiger partial charge in [0.1, 0.15) is 17.5 Å². The SMILES string of the molecule is CCC1(CO)C(=O)OCc2c1cc1n(c2=O)Cc2cc3cccc(OC(=O)C[Si](C)(C)C)c3nc2-1. The van der Waals surface area contributed by atoms with E-state index in [-0.39, 0.29) is 18.1 Å². The molecule has 1 aromatic carbocycles. The zero-order chi connectivity index (χ0) is 25.1. The van der Waals surface area contributed by atoms with Gasteiger partial charge in [0.2, 0.25) is 0 Å². The minimum absolute atomic E-state index is 0.113. The number of benzene rings is 1. The number of cyclic esters (lactones) is 1. The van der Waals surface area contributed by atoms with Crippen LogP contribution in [-0.2, 0) is 32.9 Å². The highest BCUT2D eigenvalue weighted by molar-refractivity contribution is 6.78. The van der Waals surface area contributed by atoms with Crippen molar-refractivity contribution in [1.82, 2.24) is 9.55 Å². The van der Waals surface area contributed by atoms with Crippen LogP contribution in [0.15, 0.2) is 35.1 Å². The number of hydrogen-bond acceptors (Lipinski definition) is 7. The van der Waals surface area contributed by atoms with Gasteiger partial charge in [0.05, 0.1) is 38.2 Å². The van der Waals surface area contributed by atoms with Crippen molar-refractivity contribution in [2.75, 3.05) is 6.61 Å². The van der Waals surface area contributed by atoms with Crippen LogP contribution < -0.4 is 10.3 Å². The number of ether oxygens (including phenoxy) is 2. The second kappa shape index (κ2) is 8.13. The van der Waals surface area contributed by atoms with Crippen LogP contribution in [0.3, 0.4) is 0 Å². The molecular weight excluding hydrogens is 464 g/mol. The summed E-state index contributed by atoms with van der Waals surface area (Å²) in [6.45, 7) is 7.89. The van der Waals surface area contributed by atoms with Crippen molar-refractivity contribution in [3.63, 3.8) is 0 Å². The second-order valence-electron chi connectivity index (χ2n) is 10.5. The van der Waals surface area contributed by atoms with Gasteiger partial charge in [-0.3, -0.25) is 14.4 Å². The Labute approximate surface area is 203 Å². The lowest BCUT2D eigenvalue weighted by atomic mass is 9.75. The lowest BCUT2D eigenvalue weighted by Gasteiger charge is -2.34. The van der Waals surface area contributed by atoms with Gasteiger partial charge in [-0.25, -0.2) is 4.98 Å². The van der Waals surface area contributed by atoms with E-state index >= 15 is 0 Å². The number of carbonyl (C=O) groups excluding carboxylic acids is 2. The number of nitrogens with zero attached hydrogens (tertiary/aromatic N) is 2. The van der Waals surface area contributed by atoms with Crippen LogP contribution in [0.25, 0.3) is 22.3 Å². The molecule has 3 aromatic rings. The lowest BCUT2D eigenvalue weighted by molar-refractivity contribution is -0.156. The third kappa shape index (κ3) is 3.70. The number of fused-ring (bicyclic) bond motifs is 5. The number of aliphatic hydroxyl groups excluding tert-OH is 1. The Morgan fingerprint density at radius 1 is 1.26 bits per heavy atom. The molecule has 1 unspecified atom stereocenters. The fourth-order valence-corrected chi connectivity index (χ4v) is 5.93. The first kappa shape index (κ1) is 23.4. The van der Waals surface area contributed by atoms with Gasteiger partial charge >= 0.3 is 11.9 Å². The number of rotatable bonds is 5. The first-order valence-electron chi connectivity index (χ1n) is 11.8. The van der Waals surface area contributed by atoms with Crippen molar-refractivity contribution in [3.05, 3.63) is 57.4 Å². The number of aromatic nitrogens is 2. The van der Waals surface area contributed by atoms with E-state index in [1.807, 2.05) is 18.2 Å². The molecule has 9 heteroatoms. The second-order valence-corrected chi connectivity index (χ2v) is 16.0. The summed E-state index contributed by atoms with van der Waals surface area (Å²) in [6, 6.07) is 9.59. The zero-order valence-electron chi connectivity index (χ0n) is 20.3. The molecule has 0 spiro atoms. The Morgan fingerprint density at radius 2 is 2.03 bits per heavy atom. The van der Waals surface area contributed by atoms with Gasteiger partial charge in [-0.1, -0.05) is 38.7 Å². The summed E-state index contributed by atoms with van der Waals surface area (Å²) in [5.74, 6) is -0.423. The van der Waals surface area contributed by atoms with Gasteiger partial charge in [0.25, 0.3) is 5.56 Å². The first-order chi connectivity index (χ1) is 16.6. The zero-order valence-corrected chi connectivity index (χ0v) is 21.3. The van der Waals surface area contributed by atoms with Crippen molar-refractivity contribution in [1.29, 1.82) is 0 Å². The number of aliphatic hydroxyl groups is 1. The molecule has 0 radical (unpaired) electrons. The molecule has 0 fully saturated rings. The summed E-state index contributed by atoms with van der Waals surface area (Å²) in [5.41, 5.74) is 1.95. The summed E-state index contributed by atoms with van der Waals surface area (Å²) in [6.07, 6.45) is 0.299. The first-order valence-corrected chi connectivity index (χ1v) is 15.5. The van der Waals surface area contributed by atoms with E-state index in [1.54, 1.807) is 23.6 Å². The van der Waals surface area contributed by atoms with Crippen LogP contribution >= 0.6 is 0 Å². The molecule has 4 heterocycles. The maximum atomic E-state index is 13.4. The van der Waals surface area contributed by atoms with Crippen molar-refractivity contribution in [2.45, 2.75) is 57.6 Å². The van der Waals surface area contributed by atoms with Gasteiger partial charge in [-0.15, -0.1) is 0 Å². The van der Waals surface area contributed by atoms with Gasteiger partial charge < -0.3 is 19.1 Å². The third-order valence-electron chi connectivity index (χ3n) is 6.88. The van der Waals surface area contributed by atoms with E-state index < -0.39 is 26.1 Å². The number of pyridine rings is 2. The maximum absolute atomic E-state index is 13.4. The summed E-state index contributed by atoms with van der Waals surface area (Å²) in [4.78, 5) is 43.5. The van der Waals surface area contributed by atoms with Crippen LogP contribution in [0.2, 0.25) is 25.7 Å². The molecular formula is C26H28N2O6Si. The van der Waals surface area contributed by atoms with Crippen LogP contribution in [0.5, 0.6) is 5.75 Å². The molecule has 0 aliphatic carbocycles. The number of esters is 2. The Hall–Kier alpha value is -3.30. The minimum Gasteiger partial charge on any atom is -0.460 e. The lowest BCUT2D eigenvalue weighted by Crippen LogP contribution is -2.47. The molecule has 35 heavy (non-hydrogen) atoms. The average molecular weight is 493 g/mol. The van der Waals surface area contributed by atoms with Crippen molar-refractivity contribution < 1.29 is 24.2 Å². The smallest absolute Gasteiger partial charge is 0.319 e. The molecule has 0 saturated heterocycles. The van der Waals surface area contributed by atoms with E-state index in [0.717, 1.165) is 10.9 Å². The van der Waals surface area contributed by atoms with Gasteiger partial charge in [0.15, 0.2) is 5.75 Å². The standard InChI is InChI=1S/C26H28N2O6Si/c1-5-26(14-29)18-10-19-22-16(11-28(19)24(31)17(18)12-33-25(26)32)9-15-7-6-8-20(23(15)27-22)34-21(30)13-35(2,3)4/h6-10,29H,5,11-14H2,1-4H3. The summed E-state index contributed by atoms with van der Waals surface area (Å²) in [5, 5.41) is 11.0. The van der Waals surface area contributed by atoms with E-state index in [1.165, 1.54) is 0 Å². The van der Waals surface area contributed by atoms with E-state index in [2.05, 4.69) is 19.6 Å². The maximum Gasteiger partial charge on any atom is 0.319 e. The summed E-state index contributed by atoms with van der Waals surface area (Å²) < 4.78 is 12.6. The van der Waals surface area contributed by atoms with Crippen molar-refractivity contribution in [2.24, 2.45) is 0 Å². The highest BCUT2D eigenvalue weighted by Crippen LogP contribution is 2.40. The van der Waals surface area contributed by atoms with Gasteiger partial charge in [-0.2, -0.15) is 0 Å². The normalized spacial score (nSPS) is 18.6. The fraction of sp³-hybridized carbons (Fsp3) is 0.385. The molecule has 0 saturated carbocycles. The van der Waals surface area contributed by atoms with E-state index in [4.69, 9.17) is 14.5 Å². The summed E-state index contributed by atoms with van der Waals surface area (Å²) in [7, 11) is -1.64. The van der Waals surface area contributed by atoms with E-state index in [0.29, 0.717) is 52.8 Å². The highest BCUT2D eigenvalue weighted by atomic mass is 28.3. The average Bonchev–Trinajstić information content (AvgIpc) is 3.15. The number of hydrogen-bond donors (Lipinski definition) is 1. The largest absolute Gasteiger partial charge is 0.460 e. The van der Waals surface area contributed by atoms with Crippen LogP contribution in [0, 0.1) is 0 Å². The van der Waals surface area contributed by atoms with Crippen molar-refractivity contribution >= 4 is 30.9 Å².